The molecule has 11 nitrogen and oxygen atoms in total. The zero-order valence-corrected chi connectivity index (χ0v) is 16.2. The average Bonchev–Trinajstić information content (AvgIpc) is 3.39. The number of anilines is 1. The molecule has 0 aliphatic carbocycles. The van der Waals surface area contributed by atoms with Gasteiger partial charge in [0.25, 0.3) is 5.91 Å². The third kappa shape index (κ3) is 4.46. The number of nitro benzene ring substituents is 1. The number of hydrogen-bond donors (Lipinski definition) is 1. The van der Waals surface area contributed by atoms with Crippen molar-refractivity contribution in [2.24, 2.45) is 0 Å². The number of nitrogens with zero attached hydrogens (tertiary/aromatic N) is 3. The van der Waals surface area contributed by atoms with E-state index in [0.717, 1.165) is 0 Å². The van der Waals surface area contributed by atoms with Gasteiger partial charge in [-0.05, 0) is 25.1 Å². The normalized spacial score (nSPS) is 10.5. The summed E-state index contributed by atoms with van der Waals surface area (Å²) in [6.07, 6.45) is 1.51. The van der Waals surface area contributed by atoms with Gasteiger partial charge in [0.15, 0.2) is 17.2 Å². The lowest BCUT2D eigenvalue weighted by Gasteiger charge is -2.05. The lowest BCUT2D eigenvalue weighted by Crippen LogP contribution is -2.14. The Balaban J connectivity index is 1.70. The monoisotopic (exact) mass is 414 g/mol. The molecule has 1 aromatic carbocycles. The average molecular weight is 414 g/mol. The molecule has 0 saturated heterocycles. The van der Waals surface area contributed by atoms with E-state index in [2.05, 4.69) is 15.2 Å². The zero-order valence-electron chi connectivity index (χ0n) is 16.2. The molecule has 156 valence electrons. The van der Waals surface area contributed by atoms with Crippen LogP contribution in [-0.4, -0.2) is 33.7 Å². The summed E-state index contributed by atoms with van der Waals surface area (Å²) in [5.41, 5.74) is -0.0210. The van der Waals surface area contributed by atoms with E-state index in [-0.39, 0.29) is 40.9 Å². The first-order chi connectivity index (χ1) is 14.4. The van der Waals surface area contributed by atoms with E-state index in [0.29, 0.717) is 6.54 Å². The van der Waals surface area contributed by atoms with Gasteiger partial charge in [-0.3, -0.25) is 19.6 Å². The van der Waals surface area contributed by atoms with Gasteiger partial charge in [0.1, 0.15) is 12.4 Å². The molecule has 0 unspecified atom stereocenters. The Hall–Kier alpha value is -4.15. The van der Waals surface area contributed by atoms with Crippen molar-refractivity contribution >= 4 is 23.3 Å². The third-order valence-electron chi connectivity index (χ3n) is 4.03. The maximum atomic E-state index is 12.5. The Morgan fingerprint density at radius 2 is 2.03 bits per heavy atom. The highest BCUT2D eigenvalue weighted by atomic mass is 16.6. The number of nitro groups is 1. The van der Waals surface area contributed by atoms with Crippen LogP contribution < -0.4 is 10.1 Å². The van der Waals surface area contributed by atoms with Gasteiger partial charge in [-0.25, -0.2) is 4.79 Å². The van der Waals surface area contributed by atoms with Crippen LogP contribution in [0.3, 0.4) is 0 Å². The van der Waals surface area contributed by atoms with Crippen molar-refractivity contribution in [1.29, 1.82) is 0 Å². The molecule has 1 amide bonds. The predicted octanol–water partition coefficient (Wildman–Crippen LogP) is 3.02. The van der Waals surface area contributed by atoms with Crippen molar-refractivity contribution in [3.63, 3.8) is 0 Å². The number of carbonyl (C=O) groups excluding carboxylic acids is 2. The highest BCUT2D eigenvalue weighted by molar-refractivity contribution is 6.05. The number of hydrogen-bond acceptors (Lipinski definition) is 8. The fraction of sp³-hybridized carbons (Fsp3) is 0.211. The van der Waals surface area contributed by atoms with Crippen molar-refractivity contribution in [3.8, 4) is 5.75 Å². The highest BCUT2D eigenvalue weighted by Gasteiger charge is 2.21. The van der Waals surface area contributed by atoms with Crippen LogP contribution in [0.2, 0.25) is 0 Å². The first-order valence-corrected chi connectivity index (χ1v) is 8.85. The molecule has 0 aliphatic rings. The van der Waals surface area contributed by atoms with Crippen LogP contribution in [0.5, 0.6) is 5.75 Å². The second-order valence-corrected chi connectivity index (χ2v) is 5.97. The van der Waals surface area contributed by atoms with Gasteiger partial charge >= 0.3 is 11.7 Å². The Kier molecular flexibility index (Phi) is 6.11. The topological polar surface area (TPSA) is 139 Å². The lowest BCUT2D eigenvalue weighted by molar-refractivity contribution is -0.386. The SMILES string of the molecule is CCn1cc(NC(=O)c2ccc(COc3ccccc3[N+](=O)[O-])o2)c(C(=O)OC)n1. The van der Waals surface area contributed by atoms with E-state index in [4.69, 9.17) is 9.15 Å². The molecule has 0 fully saturated rings. The Labute approximate surface area is 170 Å². The number of methoxy groups -OCH3 is 1. The van der Waals surface area contributed by atoms with Gasteiger partial charge in [-0.2, -0.15) is 5.10 Å². The van der Waals surface area contributed by atoms with Crippen molar-refractivity contribution < 1.29 is 28.4 Å². The summed E-state index contributed by atoms with van der Waals surface area (Å²) < 4.78 is 17.0. The molecule has 30 heavy (non-hydrogen) atoms. The number of nitrogens with one attached hydrogen (secondary N) is 1. The number of para-hydroxylation sites is 2. The van der Waals surface area contributed by atoms with Gasteiger partial charge in [-0.15, -0.1) is 0 Å². The molecule has 2 aromatic heterocycles. The predicted molar refractivity (Wildman–Crippen MR) is 103 cm³/mol. The zero-order chi connectivity index (χ0) is 21.7. The number of ether oxygens (including phenoxy) is 2. The number of aryl methyl sites for hydroxylation is 1. The largest absolute Gasteiger partial charge is 0.479 e. The van der Waals surface area contributed by atoms with E-state index in [1.807, 2.05) is 6.92 Å². The van der Waals surface area contributed by atoms with Crippen molar-refractivity contribution in [2.75, 3.05) is 12.4 Å². The molecule has 0 bridgehead atoms. The fourth-order valence-electron chi connectivity index (χ4n) is 2.56. The number of esters is 1. The molecule has 2 heterocycles. The minimum atomic E-state index is -0.685. The number of aromatic nitrogens is 2. The van der Waals surface area contributed by atoms with Crippen LogP contribution in [0.4, 0.5) is 11.4 Å². The van der Waals surface area contributed by atoms with Crippen LogP contribution in [0, 0.1) is 10.1 Å². The summed E-state index contributed by atoms with van der Waals surface area (Å²) in [5.74, 6) is -0.949. The van der Waals surface area contributed by atoms with Crippen LogP contribution in [0.25, 0.3) is 0 Å². The Bertz CT molecular complexity index is 1090. The summed E-state index contributed by atoms with van der Waals surface area (Å²) in [6, 6.07) is 8.87. The molecule has 1 N–H and O–H groups in total. The molecule has 11 heteroatoms. The van der Waals surface area contributed by atoms with Crippen LogP contribution in [0.1, 0.15) is 33.7 Å². The summed E-state index contributed by atoms with van der Waals surface area (Å²) in [5, 5.41) is 17.6. The molecular formula is C19H18N4O7. The molecule has 0 saturated carbocycles. The van der Waals surface area contributed by atoms with E-state index in [1.165, 1.54) is 48.3 Å². The van der Waals surface area contributed by atoms with E-state index in [9.17, 15) is 19.7 Å². The number of amides is 1. The Morgan fingerprint density at radius 1 is 1.27 bits per heavy atom. The molecule has 0 aliphatic heterocycles. The Morgan fingerprint density at radius 3 is 2.73 bits per heavy atom. The lowest BCUT2D eigenvalue weighted by atomic mass is 10.3. The molecule has 0 atom stereocenters. The number of benzene rings is 1. The number of rotatable bonds is 8. The maximum Gasteiger partial charge on any atom is 0.360 e. The standard InChI is InChI=1S/C19H18N4O7/c1-3-22-10-13(17(21-22)19(25)28-2)20-18(24)16-9-8-12(30-16)11-29-15-7-5-4-6-14(15)23(26)27/h4-10H,3,11H2,1-2H3,(H,20,24). The number of furan rings is 1. The third-order valence-corrected chi connectivity index (χ3v) is 4.03. The van der Waals surface area contributed by atoms with E-state index >= 15 is 0 Å². The first-order valence-electron chi connectivity index (χ1n) is 8.85. The van der Waals surface area contributed by atoms with E-state index in [1.54, 1.807) is 6.07 Å². The van der Waals surface area contributed by atoms with Crippen molar-refractivity contribution in [2.45, 2.75) is 20.1 Å². The summed E-state index contributed by atoms with van der Waals surface area (Å²) >= 11 is 0. The maximum absolute atomic E-state index is 12.5. The molecular weight excluding hydrogens is 396 g/mol. The first kappa shape index (κ1) is 20.6. The highest BCUT2D eigenvalue weighted by Crippen LogP contribution is 2.27. The van der Waals surface area contributed by atoms with Crippen LogP contribution in [-0.2, 0) is 17.9 Å². The fourth-order valence-corrected chi connectivity index (χ4v) is 2.56. The van der Waals surface area contributed by atoms with Crippen molar-refractivity contribution in [1.82, 2.24) is 9.78 Å². The van der Waals surface area contributed by atoms with Gasteiger partial charge < -0.3 is 19.2 Å². The molecule has 0 radical (unpaired) electrons. The van der Waals surface area contributed by atoms with Crippen LogP contribution in [0.15, 0.2) is 47.0 Å². The van der Waals surface area contributed by atoms with Gasteiger partial charge in [0.05, 0.1) is 17.7 Å². The quantitative estimate of drug-likeness (QED) is 0.337. The van der Waals surface area contributed by atoms with Gasteiger partial charge in [0, 0.05) is 18.8 Å². The number of carbonyl (C=O) groups is 2. The summed E-state index contributed by atoms with van der Waals surface area (Å²) in [4.78, 5) is 34.8. The van der Waals surface area contributed by atoms with Gasteiger partial charge in [0.2, 0.25) is 0 Å². The second kappa shape index (κ2) is 8.90. The van der Waals surface area contributed by atoms with Crippen LogP contribution >= 0.6 is 0 Å². The minimum Gasteiger partial charge on any atom is -0.479 e. The molecule has 0 spiro atoms. The smallest absolute Gasteiger partial charge is 0.360 e. The molecule has 3 aromatic rings. The molecule has 3 rings (SSSR count). The summed E-state index contributed by atoms with van der Waals surface area (Å²) in [6.45, 7) is 2.21. The second-order valence-electron chi connectivity index (χ2n) is 5.97. The minimum absolute atomic E-state index is 0.0285. The van der Waals surface area contributed by atoms with E-state index < -0.39 is 16.8 Å². The summed E-state index contributed by atoms with van der Waals surface area (Å²) in [7, 11) is 1.22. The van der Waals surface area contributed by atoms with Gasteiger partial charge in [-0.1, -0.05) is 12.1 Å². The van der Waals surface area contributed by atoms with Crippen molar-refractivity contribution in [3.05, 3.63) is 69.9 Å².